The van der Waals surface area contributed by atoms with Crippen LogP contribution in [-0.2, 0) is 50.3 Å². The summed E-state index contributed by atoms with van der Waals surface area (Å²) in [5.74, 6) is -1.73. The molecule has 13 nitrogen and oxygen atoms in total. The fourth-order valence-electron chi connectivity index (χ4n) is 7.72. The SMILES string of the molecule is Cc1ccc(S(=O)(=O)O)cc1C(C)(C)C(/C=C/C=C/C=C1/N(CCCCCC(=O)ON2C(=O)CCC2=O)c2ccc(S(=O)(=O)O)cc2C1(C)C)=N/CCCC1=C/C=C\C=C/C=C\1. The molecule has 2 aromatic rings. The summed E-state index contributed by atoms with van der Waals surface area (Å²) in [5, 5.41) is 0.542. The van der Waals surface area contributed by atoms with E-state index in [1.165, 1.54) is 29.8 Å². The second-order valence-electron chi connectivity index (χ2n) is 16.4. The summed E-state index contributed by atoms with van der Waals surface area (Å²) >= 11 is 0. The third kappa shape index (κ3) is 11.9. The molecule has 2 aromatic carbocycles. The molecule has 3 aliphatic rings. The van der Waals surface area contributed by atoms with Crippen molar-refractivity contribution in [3.63, 3.8) is 0 Å². The van der Waals surface area contributed by atoms with E-state index in [1.54, 1.807) is 12.1 Å². The van der Waals surface area contributed by atoms with Gasteiger partial charge in [-0.25, -0.2) is 4.79 Å². The number of carbonyl (C=O) groups excluding carboxylic acids is 3. The third-order valence-electron chi connectivity index (χ3n) is 11.1. The molecule has 2 heterocycles. The van der Waals surface area contributed by atoms with Gasteiger partial charge in [-0.1, -0.05) is 101 Å². The second kappa shape index (κ2) is 20.1. The molecule has 15 heteroatoms. The molecule has 2 amide bonds. The maximum atomic E-state index is 12.4. The first-order chi connectivity index (χ1) is 29.2. The summed E-state index contributed by atoms with van der Waals surface area (Å²) in [6.45, 7) is 10.8. The number of aliphatic imine (C=N–C) groups is 1. The van der Waals surface area contributed by atoms with Crippen LogP contribution in [0.1, 0.15) is 95.8 Å². The summed E-state index contributed by atoms with van der Waals surface area (Å²) in [6, 6.07) is 9.07. The van der Waals surface area contributed by atoms with Gasteiger partial charge in [0, 0.05) is 60.3 Å². The number of imide groups is 1. The van der Waals surface area contributed by atoms with E-state index in [2.05, 4.69) is 17.1 Å². The summed E-state index contributed by atoms with van der Waals surface area (Å²) in [4.78, 5) is 47.7. The maximum Gasteiger partial charge on any atom is 0.333 e. The van der Waals surface area contributed by atoms with Gasteiger partial charge in [0.1, 0.15) is 0 Å². The quantitative estimate of drug-likeness (QED) is 0.0480. The third-order valence-corrected chi connectivity index (χ3v) is 12.8. The van der Waals surface area contributed by atoms with Crippen molar-refractivity contribution in [2.24, 2.45) is 4.99 Å². The van der Waals surface area contributed by atoms with E-state index >= 15 is 0 Å². The molecule has 0 unspecified atom stereocenters. The molecule has 0 atom stereocenters. The number of unbranched alkanes of at least 4 members (excludes halogenated alkanes) is 2. The Balaban J connectivity index is 1.38. The molecule has 1 aliphatic carbocycles. The molecule has 1 fully saturated rings. The van der Waals surface area contributed by atoms with E-state index in [-0.39, 0.29) is 29.1 Å². The lowest BCUT2D eigenvalue weighted by atomic mass is 9.77. The molecule has 0 spiro atoms. The monoisotopic (exact) mass is 885 g/mol. The number of anilines is 1. The van der Waals surface area contributed by atoms with Gasteiger partial charge in [0.25, 0.3) is 32.1 Å². The molecule has 2 aliphatic heterocycles. The summed E-state index contributed by atoms with van der Waals surface area (Å²) in [7, 11) is -8.92. The van der Waals surface area contributed by atoms with Crippen LogP contribution in [0.4, 0.5) is 5.69 Å². The number of allylic oxidation sites excluding steroid dienone is 14. The van der Waals surface area contributed by atoms with E-state index in [9.17, 15) is 40.3 Å². The van der Waals surface area contributed by atoms with Crippen molar-refractivity contribution in [2.45, 2.75) is 107 Å². The van der Waals surface area contributed by atoms with Gasteiger partial charge in [-0.15, -0.1) is 5.06 Å². The van der Waals surface area contributed by atoms with E-state index < -0.39 is 48.8 Å². The van der Waals surface area contributed by atoms with Crippen LogP contribution in [0.3, 0.4) is 0 Å². The van der Waals surface area contributed by atoms with E-state index in [4.69, 9.17) is 9.83 Å². The van der Waals surface area contributed by atoms with Crippen molar-refractivity contribution in [3.8, 4) is 0 Å². The fourth-order valence-corrected chi connectivity index (χ4v) is 8.74. The highest BCUT2D eigenvalue weighted by Gasteiger charge is 2.40. The van der Waals surface area contributed by atoms with Crippen molar-refractivity contribution in [2.75, 3.05) is 18.0 Å². The molecular formula is C47H55N3O10S2. The Morgan fingerprint density at radius 2 is 1.52 bits per heavy atom. The zero-order valence-corrected chi connectivity index (χ0v) is 37.4. The van der Waals surface area contributed by atoms with E-state index in [0.29, 0.717) is 54.3 Å². The predicted octanol–water partition coefficient (Wildman–Crippen LogP) is 8.56. The van der Waals surface area contributed by atoms with Crippen molar-refractivity contribution in [3.05, 3.63) is 137 Å². The highest BCUT2D eigenvalue weighted by Crippen LogP contribution is 2.48. The Morgan fingerprint density at radius 3 is 2.23 bits per heavy atom. The molecule has 0 bridgehead atoms. The molecule has 0 aromatic heterocycles. The summed E-state index contributed by atoms with van der Waals surface area (Å²) < 4.78 is 68.3. The van der Waals surface area contributed by atoms with Gasteiger partial charge in [0.15, 0.2) is 0 Å². The highest BCUT2D eigenvalue weighted by molar-refractivity contribution is 7.86. The van der Waals surface area contributed by atoms with Crippen LogP contribution in [0.25, 0.3) is 0 Å². The first-order valence-corrected chi connectivity index (χ1v) is 23.4. The minimum absolute atomic E-state index is 0.0189. The van der Waals surface area contributed by atoms with Gasteiger partial charge in [0.05, 0.1) is 9.79 Å². The molecule has 2 N–H and O–H groups in total. The van der Waals surface area contributed by atoms with Gasteiger partial charge in [-0.2, -0.15) is 16.8 Å². The first-order valence-electron chi connectivity index (χ1n) is 20.6. The number of hydrogen-bond donors (Lipinski definition) is 2. The predicted molar refractivity (Wildman–Crippen MR) is 240 cm³/mol. The van der Waals surface area contributed by atoms with Crippen molar-refractivity contribution < 1.29 is 45.2 Å². The van der Waals surface area contributed by atoms with Gasteiger partial charge < -0.3 is 9.74 Å². The Bertz CT molecular complexity index is 2520. The molecular weight excluding hydrogens is 831 g/mol. The van der Waals surface area contributed by atoms with Crippen LogP contribution in [0.5, 0.6) is 0 Å². The number of carbonyl (C=O) groups is 3. The number of hydrogen-bond acceptors (Lipinski definition) is 10. The lowest BCUT2D eigenvalue weighted by Crippen LogP contribution is -2.32. The minimum atomic E-state index is -4.47. The van der Waals surface area contributed by atoms with Gasteiger partial charge in [-0.05, 0) is 97.4 Å². The smallest absolute Gasteiger partial charge is 0.333 e. The number of amides is 2. The van der Waals surface area contributed by atoms with Crippen LogP contribution in [0.2, 0.25) is 0 Å². The molecule has 330 valence electrons. The molecule has 62 heavy (non-hydrogen) atoms. The number of hydroxylamine groups is 2. The average molecular weight is 886 g/mol. The topological polar surface area (TPSA) is 188 Å². The second-order valence-corrected chi connectivity index (χ2v) is 19.2. The minimum Gasteiger partial charge on any atom is -0.344 e. The van der Waals surface area contributed by atoms with Gasteiger partial charge in [0.2, 0.25) is 0 Å². The van der Waals surface area contributed by atoms with E-state index in [1.807, 2.05) is 95.4 Å². The van der Waals surface area contributed by atoms with Crippen molar-refractivity contribution in [1.82, 2.24) is 5.06 Å². The molecule has 0 saturated carbocycles. The fraction of sp³-hybridized carbons (Fsp3) is 0.362. The Morgan fingerprint density at radius 1 is 0.855 bits per heavy atom. The highest BCUT2D eigenvalue weighted by atomic mass is 32.2. The standard InChI is InChI=1S/C47H55N3O10S2/c1-34-24-25-36(61(54,55)56)32-38(34)46(2,3)41(48-30-17-20-35-18-11-7-6-8-12-19-35)21-13-9-14-22-42-47(4,5)39-33-37(62(57,58)59)26-27-40(39)49(42)31-16-10-15-23-45(53)60-50-43(51)28-29-44(50)52/h6-9,11-14,18-19,21-22,24-27,32-33H,10,15-17,20,23,28-31H2,1-5H3,(H,54,55,56)(H,57,58,59)/b7-6-,8-6?,11-7?,12-8-,14-9+,18-11-,19-12?,21-13+,35-18?,35-19+,42-22+,48-41+. The normalized spacial score (nSPS) is 20.1. The van der Waals surface area contributed by atoms with Crippen LogP contribution in [0.15, 0.2) is 135 Å². The lowest BCUT2D eigenvalue weighted by molar-refractivity contribution is -0.197. The van der Waals surface area contributed by atoms with Crippen LogP contribution in [-0.4, -0.2) is 67.6 Å². The zero-order chi connectivity index (χ0) is 45.3. The van der Waals surface area contributed by atoms with Crippen LogP contribution >= 0.6 is 0 Å². The van der Waals surface area contributed by atoms with Crippen molar-refractivity contribution in [1.29, 1.82) is 0 Å². The molecule has 0 radical (unpaired) electrons. The number of rotatable bonds is 18. The Hall–Kier alpha value is -5.48. The largest absolute Gasteiger partial charge is 0.344 e. The van der Waals surface area contributed by atoms with Crippen LogP contribution < -0.4 is 4.90 Å². The summed E-state index contributed by atoms with van der Waals surface area (Å²) in [6.07, 6.45) is 26.8. The number of nitrogens with zero attached hydrogens (tertiary/aromatic N) is 3. The lowest BCUT2D eigenvalue weighted by Gasteiger charge is -2.28. The number of fused-ring (bicyclic) bond motifs is 1. The molecule has 5 rings (SSSR count). The van der Waals surface area contributed by atoms with Gasteiger partial charge >= 0.3 is 5.97 Å². The maximum absolute atomic E-state index is 12.4. The molecule has 1 saturated heterocycles. The zero-order valence-electron chi connectivity index (χ0n) is 35.8. The van der Waals surface area contributed by atoms with Crippen LogP contribution in [0, 0.1) is 6.92 Å². The first kappa shape index (κ1) is 47.6. The van der Waals surface area contributed by atoms with Gasteiger partial charge in [-0.3, -0.25) is 23.7 Å². The Labute approximate surface area is 365 Å². The summed E-state index contributed by atoms with van der Waals surface area (Å²) in [5.41, 5.74) is 4.31. The van der Waals surface area contributed by atoms with Crippen molar-refractivity contribution >= 4 is 49.4 Å². The van der Waals surface area contributed by atoms with E-state index in [0.717, 1.165) is 29.8 Å². The Kier molecular flexibility index (Phi) is 15.5. The average Bonchev–Trinajstić information content (AvgIpc) is 3.61. The number of benzene rings is 2. The number of aryl methyl sites for hydroxylation is 1.